The molecule has 0 saturated carbocycles. The van der Waals surface area contributed by atoms with Gasteiger partial charge in [-0.1, -0.05) is 29.3 Å². The number of piperazine rings is 1. The highest BCUT2D eigenvalue weighted by Crippen LogP contribution is 2.30. The molecule has 0 aliphatic carbocycles. The van der Waals surface area contributed by atoms with Crippen LogP contribution in [0.2, 0.25) is 10.0 Å². The second kappa shape index (κ2) is 10.0. The smallest absolute Gasteiger partial charge is 0.327 e. The van der Waals surface area contributed by atoms with E-state index in [9.17, 15) is 4.79 Å². The Morgan fingerprint density at radius 3 is 2.44 bits per heavy atom. The van der Waals surface area contributed by atoms with Crippen molar-refractivity contribution in [2.45, 2.75) is 0 Å². The van der Waals surface area contributed by atoms with E-state index in [1.807, 2.05) is 12.1 Å². The number of para-hydroxylation sites is 1. The number of urea groups is 1. The van der Waals surface area contributed by atoms with E-state index in [1.54, 1.807) is 31.3 Å². The zero-order valence-corrected chi connectivity index (χ0v) is 19.0. The number of carbonyl (C=O) groups is 1. The lowest BCUT2D eigenvalue weighted by atomic mass is 10.2. The SMILES string of the molecule is CN(C(=O)Nc1c(Cl)cccc1Cl)c1cc(Nc2ccc(N3CCNCC3)cc2)ncn1. The Morgan fingerprint density at radius 1 is 1.06 bits per heavy atom. The van der Waals surface area contributed by atoms with Gasteiger partial charge in [0, 0.05) is 50.7 Å². The molecule has 8 nitrogen and oxygen atoms in total. The largest absolute Gasteiger partial charge is 0.369 e. The average molecular weight is 472 g/mol. The molecular weight excluding hydrogens is 449 g/mol. The van der Waals surface area contributed by atoms with Crippen LogP contribution in [0.1, 0.15) is 0 Å². The van der Waals surface area contributed by atoms with E-state index >= 15 is 0 Å². The van der Waals surface area contributed by atoms with Crippen LogP contribution in [-0.2, 0) is 0 Å². The summed E-state index contributed by atoms with van der Waals surface area (Å²) in [6, 6.07) is 14.5. The monoisotopic (exact) mass is 471 g/mol. The molecule has 1 fully saturated rings. The number of halogens is 2. The Bertz CT molecular complexity index is 1070. The van der Waals surface area contributed by atoms with Crippen molar-refractivity contribution in [3.8, 4) is 0 Å². The maximum atomic E-state index is 12.7. The molecule has 3 N–H and O–H groups in total. The average Bonchev–Trinajstić information content (AvgIpc) is 2.82. The molecule has 3 aromatic rings. The molecule has 166 valence electrons. The first-order valence-electron chi connectivity index (χ1n) is 10.1. The predicted molar refractivity (Wildman–Crippen MR) is 131 cm³/mol. The molecule has 0 unspecified atom stereocenters. The molecule has 1 saturated heterocycles. The van der Waals surface area contributed by atoms with Gasteiger partial charge in [0.1, 0.15) is 18.0 Å². The number of benzene rings is 2. The second-order valence-corrected chi connectivity index (χ2v) is 8.07. The number of amides is 2. The van der Waals surface area contributed by atoms with E-state index in [0.29, 0.717) is 27.4 Å². The molecule has 32 heavy (non-hydrogen) atoms. The van der Waals surface area contributed by atoms with E-state index in [0.717, 1.165) is 31.9 Å². The number of carbonyl (C=O) groups excluding carboxylic acids is 1. The number of nitrogens with zero attached hydrogens (tertiary/aromatic N) is 4. The summed E-state index contributed by atoms with van der Waals surface area (Å²) >= 11 is 12.3. The third kappa shape index (κ3) is 5.21. The van der Waals surface area contributed by atoms with Gasteiger partial charge in [0.25, 0.3) is 0 Å². The fraction of sp³-hybridized carbons (Fsp3) is 0.227. The van der Waals surface area contributed by atoms with Gasteiger partial charge >= 0.3 is 6.03 Å². The molecule has 0 bridgehead atoms. The third-order valence-electron chi connectivity index (χ3n) is 5.12. The summed E-state index contributed by atoms with van der Waals surface area (Å²) in [4.78, 5) is 24.9. The molecule has 0 spiro atoms. The Balaban J connectivity index is 1.43. The van der Waals surface area contributed by atoms with Gasteiger partial charge in [-0.2, -0.15) is 0 Å². The number of hydrogen-bond donors (Lipinski definition) is 3. The normalized spacial score (nSPS) is 13.5. The standard InChI is InChI=1S/C22H23Cl2N7O/c1-30(22(32)29-21-17(23)3-2-4-18(21)24)20-13-19(26-14-27-20)28-15-5-7-16(8-6-15)31-11-9-25-10-12-31/h2-8,13-14,25H,9-12H2,1H3,(H,29,32)(H,26,27,28). The van der Waals surface area contributed by atoms with Crippen molar-refractivity contribution in [2.24, 2.45) is 0 Å². The predicted octanol–water partition coefficient (Wildman–Crippen LogP) is 4.60. The fourth-order valence-corrected chi connectivity index (χ4v) is 3.83. The van der Waals surface area contributed by atoms with Crippen molar-refractivity contribution in [1.29, 1.82) is 0 Å². The van der Waals surface area contributed by atoms with Crippen LogP contribution in [0.3, 0.4) is 0 Å². The molecule has 0 atom stereocenters. The third-order valence-corrected chi connectivity index (χ3v) is 5.75. The molecule has 10 heteroatoms. The Kier molecular flexibility index (Phi) is 6.94. The quantitative estimate of drug-likeness (QED) is 0.503. The first-order chi connectivity index (χ1) is 15.5. The van der Waals surface area contributed by atoms with Gasteiger partial charge in [-0.25, -0.2) is 14.8 Å². The van der Waals surface area contributed by atoms with Crippen LogP contribution < -0.4 is 25.8 Å². The summed E-state index contributed by atoms with van der Waals surface area (Å²) in [7, 11) is 1.61. The van der Waals surface area contributed by atoms with Crippen LogP contribution in [0.25, 0.3) is 0 Å². The van der Waals surface area contributed by atoms with Gasteiger partial charge in [0.05, 0.1) is 15.7 Å². The summed E-state index contributed by atoms with van der Waals surface area (Å²) < 4.78 is 0. The Hall–Kier alpha value is -3.07. The van der Waals surface area contributed by atoms with Gasteiger partial charge in [0.15, 0.2) is 0 Å². The summed E-state index contributed by atoms with van der Waals surface area (Å²) in [5, 5.41) is 10.0. The minimum atomic E-state index is -0.426. The van der Waals surface area contributed by atoms with Crippen molar-refractivity contribution in [2.75, 3.05) is 53.7 Å². The van der Waals surface area contributed by atoms with Crippen LogP contribution in [0.5, 0.6) is 0 Å². The molecule has 1 aromatic heterocycles. The second-order valence-electron chi connectivity index (χ2n) is 7.26. The lowest BCUT2D eigenvalue weighted by molar-refractivity contribution is 0.258. The van der Waals surface area contributed by atoms with Gasteiger partial charge < -0.3 is 20.9 Å². The molecule has 2 amide bonds. The lowest BCUT2D eigenvalue weighted by Crippen LogP contribution is -2.43. The van der Waals surface area contributed by atoms with Crippen molar-refractivity contribution in [3.63, 3.8) is 0 Å². The zero-order valence-electron chi connectivity index (χ0n) is 17.5. The van der Waals surface area contributed by atoms with Crippen LogP contribution >= 0.6 is 23.2 Å². The van der Waals surface area contributed by atoms with Crippen LogP contribution in [-0.4, -0.2) is 49.2 Å². The van der Waals surface area contributed by atoms with E-state index in [4.69, 9.17) is 23.2 Å². The minimum Gasteiger partial charge on any atom is -0.369 e. The van der Waals surface area contributed by atoms with Crippen LogP contribution in [0.15, 0.2) is 54.9 Å². The van der Waals surface area contributed by atoms with E-state index in [-0.39, 0.29) is 0 Å². The number of aromatic nitrogens is 2. The molecule has 4 rings (SSSR count). The van der Waals surface area contributed by atoms with E-state index in [1.165, 1.54) is 16.9 Å². The van der Waals surface area contributed by atoms with E-state index in [2.05, 4.69) is 43.0 Å². The van der Waals surface area contributed by atoms with Crippen LogP contribution in [0.4, 0.5) is 33.5 Å². The first-order valence-corrected chi connectivity index (χ1v) is 10.9. The maximum Gasteiger partial charge on any atom is 0.327 e. The molecule has 1 aliphatic heterocycles. The minimum absolute atomic E-state index is 0.352. The van der Waals surface area contributed by atoms with Gasteiger partial charge in [-0.15, -0.1) is 0 Å². The van der Waals surface area contributed by atoms with Crippen molar-refractivity contribution >= 4 is 57.9 Å². The topological polar surface area (TPSA) is 85.4 Å². The summed E-state index contributed by atoms with van der Waals surface area (Å²) in [5.74, 6) is 0.987. The van der Waals surface area contributed by atoms with Gasteiger partial charge in [0.2, 0.25) is 0 Å². The van der Waals surface area contributed by atoms with E-state index < -0.39 is 6.03 Å². The fourth-order valence-electron chi connectivity index (χ4n) is 3.34. The van der Waals surface area contributed by atoms with Crippen molar-refractivity contribution < 1.29 is 4.79 Å². The Morgan fingerprint density at radius 2 is 1.75 bits per heavy atom. The molecule has 0 radical (unpaired) electrons. The molecular formula is C22H23Cl2N7O. The summed E-state index contributed by atoms with van der Waals surface area (Å²) in [5.41, 5.74) is 2.43. The highest BCUT2D eigenvalue weighted by Gasteiger charge is 2.16. The molecule has 2 aromatic carbocycles. The highest BCUT2D eigenvalue weighted by atomic mass is 35.5. The van der Waals surface area contributed by atoms with Crippen LogP contribution in [0, 0.1) is 0 Å². The first kappa shape index (κ1) is 22.1. The van der Waals surface area contributed by atoms with Crippen molar-refractivity contribution in [1.82, 2.24) is 15.3 Å². The number of anilines is 5. The van der Waals surface area contributed by atoms with Gasteiger partial charge in [-0.3, -0.25) is 4.90 Å². The number of rotatable bonds is 5. The lowest BCUT2D eigenvalue weighted by Gasteiger charge is -2.29. The van der Waals surface area contributed by atoms with Gasteiger partial charge in [-0.05, 0) is 36.4 Å². The number of hydrogen-bond acceptors (Lipinski definition) is 6. The summed E-state index contributed by atoms with van der Waals surface area (Å²) in [6.07, 6.45) is 1.40. The highest BCUT2D eigenvalue weighted by molar-refractivity contribution is 6.39. The Labute approximate surface area is 196 Å². The molecule has 1 aliphatic rings. The zero-order chi connectivity index (χ0) is 22.5. The van der Waals surface area contributed by atoms with Crippen molar-refractivity contribution in [3.05, 3.63) is 64.9 Å². The maximum absolute atomic E-state index is 12.7. The number of nitrogens with one attached hydrogen (secondary N) is 3. The summed E-state index contributed by atoms with van der Waals surface area (Å²) in [6.45, 7) is 3.98. The molecule has 2 heterocycles.